The van der Waals surface area contributed by atoms with Crippen LogP contribution < -0.4 is 15.8 Å². The van der Waals surface area contributed by atoms with Crippen molar-refractivity contribution < 1.29 is 13.9 Å². The van der Waals surface area contributed by atoms with Crippen LogP contribution in [0.25, 0.3) is 0 Å². The molecule has 0 spiro atoms. The molecule has 0 heterocycles. The molecular weight excluding hydrogens is 327 g/mol. The Balaban J connectivity index is 2.30. The molecule has 0 atom stereocenters. The number of rotatable bonds is 3. The van der Waals surface area contributed by atoms with Gasteiger partial charge in [0, 0.05) is 4.47 Å². The first-order valence-electron chi connectivity index (χ1n) is 5.71. The summed E-state index contributed by atoms with van der Waals surface area (Å²) < 4.78 is 19.1. The molecule has 0 aliphatic rings. The van der Waals surface area contributed by atoms with Crippen LogP contribution in [0, 0.1) is 5.82 Å². The van der Waals surface area contributed by atoms with Gasteiger partial charge < -0.3 is 15.8 Å². The van der Waals surface area contributed by atoms with Gasteiger partial charge in [-0.15, -0.1) is 0 Å². The van der Waals surface area contributed by atoms with Gasteiger partial charge in [0.2, 0.25) is 0 Å². The summed E-state index contributed by atoms with van der Waals surface area (Å²) >= 11 is 3.29. The Morgan fingerprint density at radius 2 is 2.05 bits per heavy atom. The molecule has 0 aliphatic heterocycles. The Kier molecular flexibility index (Phi) is 4.24. The van der Waals surface area contributed by atoms with Gasteiger partial charge in [0.25, 0.3) is 5.91 Å². The Bertz CT molecular complexity index is 662. The minimum atomic E-state index is -0.475. The van der Waals surface area contributed by atoms with Crippen molar-refractivity contribution in [2.24, 2.45) is 0 Å². The summed E-state index contributed by atoms with van der Waals surface area (Å²) in [6, 6.07) is 8.78. The fourth-order valence-corrected chi connectivity index (χ4v) is 2.02. The van der Waals surface area contributed by atoms with Crippen molar-refractivity contribution in [2.45, 2.75) is 0 Å². The van der Waals surface area contributed by atoms with Gasteiger partial charge in [0.1, 0.15) is 11.6 Å². The molecule has 0 aromatic heterocycles. The second-order valence-electron chi connectivity index (χ2n) is 4.03. The lowest BCUT2D eigenvalue weighted by Crippen LogP contribution is -2.14. The van der Waals surface area contributed by atoms with E-state index in [1.807, 2.05) is 0 Å². The number of nitrogen functional groups attached to an aromatic ring is 1. The minimum absolute atomic E-state index is 0.222. The van der Waals surface area contributed by atoms with Crippen LogP contribution in [0.1, 0.15) is 10.4 Å². The number of hydrogen-bond donors (Lipinski definition) is 2. The van der Waals surface area contributed by atoms with E-state index in [2.05, 4.69) is 21.2 Å². The Hall–Kier alpha value is -2.08. The fraction of sp³-hybridized carbons (Fsp3) is 0.0714. The zero-order valence-corrected chi connectivity index (χ0v) is 12.2. The van der Waals surface area contributed by atoms with Crippen molar-refractivity contribution >= 4 is 33.2 Å². The molecule has 2 aromatic rings. The molecule has 2 rings (SSSR count). The van der Waals surface area contributed by atoms with E-state index in [4.69, 9.17) is 10.5 Å². The molecule has 20 heavy (non-hydrogen) atoms. The van der Waals surface area contributed by atoms with E-state index < -0.39 is 11.7 Å². The quantitative estimate of drug-likeness (QED) is 0.842. The zero-order valence-electron chi connectivity index (χ0n) is 10.6. The van der Waals surface area contributed by atoms with Crippen LogP contribution in [-0.4, -0.2) is 13.0 Å². The van der Waals surface area contributed by atoms with E-state index in [1.54, 1.807) is 18.2 Å². The van der Waals surface area contributed by atoms with Gasteiger partial charge in [-0.1, -0.05) is 15.9 Å². The monoisotopic (exact) mass is 338 g/mol. The van der Waals surface area contributed by atoms with Gasteiger partial charge in [-0.25, -0.2) is 4.39 Å². The van der Waals surface area contributed by atoms with Crippen molar-refractivity contribution in [3.8, 4) is 5.75 Å². The summed E-state index contributed by atoms with van der Waals surface area (Å²) in [5, 5.41) is 2.56. The third-order valence-corrected chi connectivity index (χ3v) is 3.16. The second kappa shape index (κ2) is 5.92. The lowest BCUT2D eigenvalue weighted by molar-refractivity contribution is 0.102. The van der Waals surface area contributed by atoms with Crippen LogP contribution in [0.15, 0.2) is 40.9 Å². The van der Waals surface area contributed by atoms with Gasteiger partial charge in [-0.05, 0) is 36.4 Å². The molecule has 6 heteroatoms. The van der Waals surface area contributed by atoms with E-state index in [-0.39, 0.29) is 11.4 Å². The minimum Gasteiger partial charge on any atom is -0.496 e. The Morgan fingerprint density at radius 1 is 1.30 bits per heavy atom. The number of hydrogen-bond acceptors (Lipinski definition) is 3. The smallest absolute Gasteiger partial charge is 0.259 e. The molecule has 0 radical (unpaired) electrons. The highest BCUT2D eigenvalue weighted by molar-refractivity contribution is 9.10. The number of carbonyl (C=O) groups excluding carboxylic acids is 1. The molecule has 0 bridgehead atoms. The maximum absolute atomic E-state index is 13.2. The van der Waals surface area contributed by atoms with Crippen LogP contribution >= 0.6 is 15.9 Å². The summed E-state index contributed by atoms with van der Waals surface area (Å²) in [6.45, 7) is 0. The average molecular weight is 339 g/mol. The first-order valence-corrected chi connectivity index (χ1v) is 6.50. The lowest BCUT2D eigenvalue weighted by Gasteiger charge is -2.11. The van der Waals surface area contributed by atoms with Crippen molar-refractivity contribution in [2.75, 3.05) is 18.2 Å². The van der Waals surface area contributed by atoms with Gasteiger partial charge in [-0.2, -0.15) is 0 Å². The molecule has 0 unspecified atom stereocenters. The highest BCUT2D eigenvalue weighted by Gasteiger charge is 2.14. The Morgan fingerprint density at radius 3 is 2.75 bits per heavy atom. The van der Waals surface area contributed by atoms with Crippen LogP contribution in [0.2, 0.25) is 0 Å². The predicted octanol–water partition coefficient (Wildman–Crippen LogP) is 3.43. The Labute approximate surface area is 123 Å². The molecule has 3 N–H and O–H groups in total. The van der Waals surface area contributed by atoms with Gasteiger partial charge in [0.15, 0.2) is 0 Å². The number of nitrogens with one attached hydrogen (secondary N) is 1. The number of methoxy groups -OCH3 is 1. The number of nitrogens with two attached hydrogens (primary N) is 1. The van der Waals surface area contributed by atoms with E-state index in [9.17, 15) is 9.18 Å². The third kappa shape index (κ3) is 3.08. The first kappa shape index (κ1) is 14.3. The SMILES string of the molecule is COc1cc(Br)ccc1C(=O)Nc1cc(F)ccc1N. The number of ether oxygens (including phenoxy) is 1. The maximum Gasteiger partial charge on any atom is 0.259 e. The van der Waals surface area contributed by atoms with Crippen molar-refractivity contribution in [3.05, 3.63) is 52.3 Å². The number of benzene rings is 2. The van der Waals surface area contributed by atoms with Crippen molar-refractivity contribution in [1.82, 2.24) is 0 Å². The molecule has 4 nitrogen and oxygen atoms in total. The number of anilines is 2. The molecule has 104 valence electrons. The molecule has 0 saturated carbocycles. The predicted molar refractivity (Wildman–Crippen MR) is 79.5 cm³/mol. The maximum atomic E-state index is 13.2. The van der Waals surface area contributed by atoms with Crippen LogP contribution in [0.5, 0.6) is 5.75 Å². The van der Waals surface area contributed by atoms with Crippen molar-refractivity contribution in [1.29, 1.82) is 0 Å². The van der Waals surface area contributed by atoms with E-state index in [1.165, 1.54) is 25.3 Å². The van der Waals surface area contributed by atoms with Gasteiger partial charge in [0.05, 0.1) is 24.0 Å². The van der Waals surface area contributed by atoms with E-state index >= 15 is 0 Å². The molecular formula is C14H12BrFN2O2. The molecule has 2 aromatic carbocycles. The van der Waals surface area contributed by atoms with Crippen LogP contribution in [-0.2, 0) is 0 Å². The molecule has 0 aliphatic carbocycles. The number of amides is 1. The normalized spacial score (nSPS) is 10.2. The average Bonchev–Trinajstić information content (AvgIpc) is 2.42. The summed E-state index contributed by atoms with van der Waals surface area (Å²) in [7, 11) is 1.47. The topological polar surface area (TPSA) is 64.3 Å². The summed E-state index contributed by atoms with van der Waals surface area (Å²) in [4.78, 5) is 12.2. The van der Waals surface area contributed by atoms with Crippen LogP contribution in [0.3, 0.4) is 0 Å². The molecule has 1 amide bonds. The van der Waals surface area contributed by atoms with Gasteiger partial charge >= 0.3 is 0 Å². The third-order valence-electron chi connectivity index (χ3n) is 2.67. The van der Waals surface area contributed by atoms with E-state index in [0.717, 1.165) is 4.47 Å². The molecule has 0 saturated heterocycles. The van der Waals surface area contributed by atoms with Gasteiger partial charge in [-0.3, -0.25) is 4.79 Å². The molecule has 0 fully saturated rings. The summed E-state index contributed by atoms with van der Waals surface area (Å²) in [6.07, 6.45) is 0. The first-order chi connectivity index (χ1) is 9.51. The number of halogens is 2. The zero-order chi connectivity index (χ0) is 14.7. The highest BCUT2D eigenvalue weighted by atomic mass is 79.9. The summed E-state index contributed by atoms with van der Waals surface area (Å²) in [5.41, 5.74) is 6.53. The largest absolute Gasteiger partial charge is 0.496 e. The summed E-state index contributed by atoms with van der Waals surface area (Å²) in [5.74, 6) is -0.490. The highest BCUT2D eigenvalue weighted by Crippen LogP contribution is 2.26. The fourth-order valence-electron chi connectivity index (χ4n) is 1.68. The number of carbonyl (C=O) groups is 1. The second-order valence-corrected chi connectivity index (χ2v) is 4.95. The van der Waals surface area contributed by atoms with E-state index in [0.29, 0.717) is 11.3 Å². The van der Waals surface area contributed by atoms with Crippen molar-refractivity contribution in [3.63, 3.8) is 0 Å². The lowest BCUT2D eigenvalue weighted by atomic mass is 10.1. The standard InChI is InChI=1S/C14H12BrFN2O2/c1-20-13-6-8(15)2-4-10(13)14(19)18-12-7-9(16)3-5-11(12)17/h2-7H,17H2,1H3,(H,18,19). The van der Waals surface area contributed by atoms with Crippen LogP contribution in [0.4, 0.5) is 15.8 Å².